The summed E-state index contributed by atoms with van der Waals surface area (Å²) in [6.45, 7) is 0.288. The number of para-hydroxylation sites is 1. The second kappa shape index (κ2) is 8.68. The molecule has 0 atom stereocenters. The fourth-order valence-corrected chi connectivity index (χ4v) is 3.90. The van der Waals surface area contributed by atoms with Crippen LogP contribution in [0.1, 0.15) is 5.82 Å². The van der Waals surface area contributed by atoms with E-state index in [2.05, 4.69) is 15.5 Å². The first-order chi connectivity index (χ1) is 14.9. The molecule has 0 spiro atoms. The van der Waals surface area contributed by atoms with E-state index in [1.807, 2.05) is 48.0 Å². The number of imidazole rings is 1. The Hall–Kier alpha value is -3.53. The van der Waals surface area contributed by atoms with Crippen LogP contribution < -0.4 is 15.7 Å². The van der Waals surface area contributed by atoms with Crippen LogP contribution in [0.2, 0.25) is 0 Å². The Balaban J connectivity index is 1.36. The lowest BCUT2D eigenvalue weighted by Crippen LogP contribution is -2.19. The van der Waals surface area contributed by atoms with Crippen LogP contribution in [-0.2, 0) is 32.5 Å². The van der Waals surface area contributed by atoms with Gasteiger partial charge < -0.3 is 14.6 Å². The molecule has 0 saturated heterocycles. The summed E-state index contributed by atoms with van der Waals surface area (Å²) in [5.41, 5.74) is 2.09. The standard InChI is InChI=1S/C21H22N6O3S/c1-25-16-10-9-14(11-17(16)26(2)21(25)29)22-19(28)13-31-20-24-23-18(27(20)3)12-30-15-7-5-4-6-8-15/h4-11H,12-13H2,1-3H3,(H,22,28). The number of anilines is 1. The normalized spacial score (nSPS) is 11.1. The molecule has 0 aliphatic heterocycles. The van der Waals surface area contributed by atoms with Crippen LogP contribution in [0.5, 0.6) is 5.75 Å². The van der Waals surface area contributed by atoms with E-state index in [1.54, 1.807) is 35.4 Å². The summed E-state index contributed by atoms with van der Waals surface area (Å²) >= 11 is 1.29. The van der Waals surface area contributed by atoms with Crippen molar-refractivity contribution in [1.82, 2.24) is 23.9 Å². The third-order valence-electron chi connectivity index (χ3n) is 4.92. The number of aryl methyl sites for hydroxylation is 2. The van der Waals surface area contributed by atoms with Gasteiger partial charge in [0.2, 0.25) is 5.91 Å². The van der Waals surface area contributed by atoms with Crippen molar-refractivity contribution in [1.29, 1.82) is 0 Å². The van der Waals surface area contributed by atoms with Gasteiger partial charge in [-0.05, 0) is 30.3 Å². The summed E-state index contributed by atoms with van der Waals surface area (Å²) in [5, 5.41) is 11.8. The van der Waals surface area contributed by atoms with Crippen LogP contribution in [-0.4, -0.2) is 35.6 Å². The van der Waals surface area contributed by atoms with Gasteiger partial charge in [-0.25, -0.2) is 4.79 Å². The number of thioether (sulfide) groups is 1. The number of rotatable bonds is 7. The van der Waals surface area contributed by atoms with Gasteiger partial charge in [0, 0.05) is 26.8 Å². The Morgan fingerprint density at radius 2 is 1.74 bits per heavy atom. The van der Waals surface area contributed by atoms with Gasteiger partial charge in [0.1, 0.15) is 12.4 Å². The molecule has 0 fully saturated rings. The predicted molar refractivity (Wildman–Crippen MR) is 119 cm³/mol. The van der Waals surface area contributed by atoms with E-state index >= 15 is 0 Å². The van der Waals surface area contributed by atoms with Crippen molar-refractivity contribution in [3.05, 3.63) is 64.8 Å². The molecule has 10 heteroatoms. The zero-order valence-corrected chi connectivity index (χ0v) is 18.2. The number of carbonyl (C=O) groups excluding carboxylic acids is 1. The van der Waals surface area contributed by atoms with Crippen molar-refractivity contribution >= 4 is 34.4 Å². The fraction of sp³-hybridized carbons (Fsp3) is 0.238. The average Bonchev–Trinajstić information content (AvgIpc) is 3.24. The first-order valence-electron chi connectivity index (χ1n) is 9.58. The van der Waals surface area contributed by atoms with Crippen LogP contribution >= 0.6 is 11.8 Å². The third kappa shape index (κ3) is 4.33. The zero-order valence-electron chi connectivity index (χ0n) is 17.4. The average molecular weight is 439 g/mol. The highest BCUT2D eigenvalue weighted by atomic mass is 32.2. The van der Waals surface area contributed by atoms with E-state index < -0.39 is 0 Å². The molecule has 0 saturated carbocycles. The van der Waals surface area contributed by atoms with E-state index in [1.165, 1.54) is 11.8 Å². The van der Waals surface area contributed by atoms with E-state index in [4.69, 9.17) is 4.74 Å². The second-order valence-corrected chi connectivity index (χ2v) is 7.94. The van der Waals surface area contributed by atoms with E-state index in [9.17, 15) is 9.59 Å². The maximum Gasteiger partial charge on any atom is 0.328 e. The molecule has 160 valence electrons. The lowest BCUT2D eigenvalue weighted by atomic mass is 10.2. The first kappa shape index (κ1) is 20.7. The smallest absolute Gasteiger partial charge is 0.328 e. The monoisotopic (exact) mass is 438 g/mol. The largest absolute Gasteiger partial charge is 0.486 e. The number of nitrogens with one attached hydrogen (secondary N) is 1. The van der Waals surface area contributed by atoms with Gasteiger partial charge in [-0.2, -0.15) is 0 Å². The molecule has 0 radical (unpaired) electrons. The van der Waals surface area contributed by atoms with Crippen molar-refractivity contribution in [2.45, 2.75) is 11.8 Å². The number of ether oxygens (including phenoxy) is 1. The highest BCUT2D eigenvalue weighted by Gasteiger charge is 2.13. The van der Waals surface area contributed by atoms with Crippen molar-refractivity contribution in [3.8, 4) is 5.75 Å². The first-order valence-corrected chi connectivity index (χ1v) is 10.6. The van der Waals surface area contributed by atoms with Crippen molar-refractivity contribution in [2.75, 3.05) is 11.1 Å². The molecule has 0 unspecified atom stereocenters. The molecule has 1 N–H and O–H groups in total. The van der Waals surface area contributed by atoms with E-state index in [0.29, 0.717) is 16.7 Å². The van der Waals surface area contributed by atoms with Gasteiger partial charge in [-0.1, -0.05) is 30.0 Å². The number of hydrogen-bond acceptors (Lipinski definition) is 6. The van der Waals surface area contributed by atoms with Crippen LogP contribution in [0.25, 0.3) is 11.0 Å². The minimum atomic E-state index is -0.171. The van der Waals surface area contributed by atoms with Gasteiger partial charge in [0.05, 0.1) is 16.8 Å². The highest BCUT2D eigenvalue weighted by Crippen LogP contribution is 2.20. The lowest BCUT2D eigenvalue weighted by molar-refractivity contribution is -0.113. The number of hydrogen-bond donors (Lipinski definition) is 1. The molecule has 4 rings (SSSR count). The Morgan fingerprint density at radius 1 is 1.00 bits per heavy atom. The molecule has 0 aliphatic carbocycles. The molecule has 1 amide bonds. The second-order valence-electron chi connectivity index (χ2n) is 7.00. The summed E-state index contributed by atoms with van der Waals surface area (Å²) in [6.07, 6.45) is 0. The van der Waals surface area contributed by atoms with Crippen LogP contribution in [0.15, 0.2) is 58.5 Å². The number of benzene rings is 2. The Morgan fingerprint density at radius 3 is 2.52 bits per heavy atom. The zero-order chi connectivity index (χ0) is 22.0. The summed E-state index contributed by atoms with van der Waals surface area (Å²) < 4.78 is 10.6. The molecule has 31 heavy (non-hydrogen) atoms. The lowest BCUT2D eigenvalue weighted by Gasteiger charge is -2.07. The number of amides is 1. The molecule has 2 heterocycles. The molecule has 2 aromatic heterocycles. The number of nitrogens with zero attached hydrogens (tertiary/aromatic N) is 5. The van der Waals surface area contributed by atoms with Gasteiger partial charge in [-0.3, -0.25) is 13.9 Å². The minimum Gasteiger partial charge on any atom is -0.486 e. The molecule has 9 nitrogen and oxygen atoms in total. The van der Waals surface area contributed by atoms with Gasteiger partial charge in [0.25, 0.3) is 0 Å². The maximum atomic E-state index is 12.4. The van der Waals surface area contributed by atoms with Crippen LogP contribution in [0, 0.1) is 0 Å². The van der Waals surface area contributed by atoms with Crippen LogP contribution in [0.3, 0.4) is 0 Å². The molecular formula is C21H22N6O3S. The topological polar surface area (TPSA) is 96.0 Å². The number of fused-ring (bicyclic) bond motifs is 1. The molecule has 4 aromatic rings. The highest BCUT2D eigenvalue weighted by molar-refractivity contribution is 7.99. The number of carbonyl (C=O) groups is 1. The Kier molecular flexibility index (Phi) is 5.81. The van der Waals surface area contributed by atoms with Gasteiger partial charge in [0.15, 0.2) is 11.0 Å². The van der Waals surface area contributed by atoms with Gasteiger partial charge in [-0.15, -0.1) is 10.2 Å². The Bertz CT molecular complexity index is 1290. The third-order valence-corrected chi connectivity index (χ3v) is 5.94. The fourth-order valence-electron chi connectivity index (χ4n) is 3.17. The quantitative estimate of drug-likeness (QED) is 0.445. The van der Waals surface area contributed by atoms with Crippen molar-refractivity contribution in [2.24, 2.45) is 21.1 Å². The molecule has 0 bridgehead atoms. The molecular weight excluding hydrogens is 416 g/mol. The maximum absolute atomic E-state index is 12.4. The summed E-state index contributed by atoms with van der Waals surface area (Å²) in [6, 6.07) is 14.9. The van der Waals surface area contributed by atoms with Gasteiger partial charge >= 0.3 is 5.69 Å². The van der Waals surface area contributed by atoms with E-state index in [-0.39, 0.29) is 24.0 Å². The van der Waals surface area contributed by atoms with Crippen molar-refractivity contribution < 1.29 is 9.53 Å². The summed E-state index contributed by atoms with van der Waals surface area (Å²) in [5.74, 6) is 1.43. The minimum absolute atomic E-state index is 0.108. The summed E-state index contributed by atoms with van der Waals surface area (Å²) in [4.78, 5) is 24.5. The SMILES string of the molecule is Cn1c(COc2ccccc2)nnc1SCC(=O)Nc1ccc2c(c1)n(C)c(=O)n2C. The molecule has 2 aromatic carbocycles. The van der Waals surface area contributed by atoms with Crippen molar-refractivity contribution in [3.63, 3.8) is 0 Å². The van der Waals surface area contributed by atoms with E-state index in [0.717, 1.165) is 16.8 Å². The van der Waals surface area contributed by atoms with Crippen LogP contribution in [0.4, 0.5) is 5.69 Å². The predicted octanol–water partition coefficient (Wildman–Crippen LogP) is 2.32. The summed E-state index contributed by atoms with van der Waals surface area (Å²) in [7, 11) is 5.27. The molecule has 0 aliphatic rings. The number of aromatic nitrogens is 5. The Labute approximate surface area is 182 Å².